The average Bonchev–Trinajstić information content (AvgIpc) is 2.92. The first-order chi connectivity index (χ1) is 10.0. The number of benzene rings is 1. The van der Waals surface area contributed by atoms with E-state index in [0.717, 1.165) is 6.42 Å². The number of hydrogen-bond donors (Lipinski definition) is 1. The summed E-state index contributed by atoms with van der Waals surface area (Å²) >= 11 is 0. The van der Waals surface area contributed by atoms with Gasteiger partial charge in [-0.3, -0.25) is 14.6 Å². The molecule has 1 heterocycles. The molecule has 1 N–H and O–H groups in total. The van der Waals surface area contributed by atoms with Crippen LogP contribution < -0.4 is 5.32 Å². The lowest BCUT2D eigenvalue weighted by Gasteiger charge is -2.26. The number of urea groups is 1. The van der Waals surface area contributed by atoms with Crippen molar-refractivity contribution in [3.63, 3.8) is 0 Å². The zero-order valence-electron chi connectivity index (χ0n) is 12.9. The van der Waals surface area contributed by atoms with Crippen LogP contribution in [0.15, 0.2) is 24.3 Å². The average molecular weight is 289 g/mol. The summed E-state index contributed by atoms with van der Waals surface area (Å²) in [5.74, 6) is -0.141. The molecule has 0 bridgehead atoms. The summed E-state index contributed by atoms with van der Waals surface area (Å²) in [4.78, 5) is 27.1. The van der Waals surface area contributed by atoms with Crippen molar-refractivity contribution in [2.24, 2.45) is 0 Å². The van der Waals surface area contributed by atoms with Crippen molar-refractivity contribution in [3.05, 3.63) is 35.4 Å². The summed E-state index contributed by atoms with van der Waals surface area (Å²) in [5.41, 5.74) is 2.47. The molecule has 0 radical (unpaired) electrons. The van der Waals surface area contributed by atoms with Crippen molar-refractivity contribution < 1.29 is 9.59 Å². The van der Waals surface area contributed by atoms with E-state index >= 15 is 0 Å². The van der Waals surface area contributed by atoms with E-state index in [4.69, 9.17) is 0 Å². The Morgan fingerprint density at radius 1 is 1.33 bits per heavy atom. The number of carbonyl (C=O) groups is 2. The molecule has 3 amide bonds. The molecule has 5 heteroatoms. The predicted octanol–water partition coefficient (Wildman–Crippen LogP) is 1.62. The van der Waals surface area contributed by atoms with E-state index in [1.165, 1.54) is 16.0 Å². The van der Waals surface area contributed by atoms with Crippen LogP contribution in [0.2, 0.25) is 0 Å². The van der Waals surface area contributed by atoms with Crippen LogP contribution in [0, 0.1) is 0 Å². The fourth-order valence-corrected chi connectivity index (χ4v) is 2.40. The van der Waals surface area contributed by atoms with Crippen molar-refractivity contribution in [1.82, 2.24) is 15.1 Å². The van der Waals surface area contributed by atoms with Crippen molar-refractivity contribution in [1.29, 1.82) is 0 Å². The highest BCUT2D eigenvalue weighted by Gasteiger charge is 2.31. The first-order valence-corrected chi connectivity index (χ1v) is 7.40. The third-order valence-corrected chi connectivity index (χ3v) is 4.00. The van der Waals surface area contributed by atoms with Gasteiger partial charge in [-0.15, -0.1) is 0 Å². The summed E-state index contributed by atoms with van der Waals surface area (Å²) in [7, 11) is 1.91. The van der Waals surface area contributed by atoms with E-state index in [2.05, 4.69) is 36.5 Å². The third-order valence-electron chi connectivity index (χ3n) is 4.00. The second-order valence-electron chi connectivity index (χ2n) is 5.48. The number of nitrogens with zero attached hydrogens (tertiary/aromatic N) is 2. The highest BCUT2D eigenvalue weighted by molar-refractivity contribution is 5.98. The van der Waals surface area contributed by atoms with Crippen LogP contribution >= 0.6 is 0 Å². The molecule has 0 saturated carbocycles. The summed E-state index contributed by atoms with van der Waals surface area (Å²) in [6, 6.07) is 7.81. The van der Waals surface area contributed by atoms with Crippen molar-refractivity contribution in [3.8, 4) is 0 Å². The number of rotatable bonds is 5. The van der Waals surface area contributed by atoms with Gasteiger partial charge in [0.25, 0.3) is 0 Å². The van der Waals surface area contributed by atoms with Crippen LogP contribution in [-0.4, -0.2) is 47.9 Å². The number of hydrogen-bond acceptors (Lipinski definition) is 3. The Morgan fingerprint density at radius 2 is 1.95 bits per heavy atom. The van der Waals surface area contributed by atoms with Crippen LogP contribution in [0.1, 0.15) is 25.0 Å². The van der Waals surface area contributed by atoms with Crippen LogP contribution in [0.25, 0.3) is 0 Å². The minimum absolute atomic E-state index is 0.141. The summed E-state index contributed by atoms with van der Waals surface area (Å²) < 4.78 is 0. The molecule has 1 aromatic carbocycles. The topological polar surface area (TPSA) is 52.7 Å². The van der Waals surface area contributed by atoms with E-state index in [1.54, 1.807) is 0 Å². The van der Waals surface area contributed by atoms with Gasteiger partial charge in [0.05, 0.1) is 6.04 Å². The maximum atomic E-state index is 12.3. The number of carbonyl (C=O) groups excluding carboxylic acids is 2. The second-order valence-corrected chi connectivity index (χ2v) is 5.48. The Hall–Kier alpha value is -1.88. The number of likely N-dealkylation sites (N-methyl/N-ethyl adjacent to an activating group) is 1. The molecule has 0 unspecified atom stereocenters. The SMILES string of the molecule is CCc1ccc(CN(C)[C@H](C)C(=O)N2CCNC2=O)cc1. The lowest BCUT2D eigenvalue weighted by atomic mass is 10.1. The monoisotopic (exact) mass is 289 g/mol. The Morgan fingerprint density at radius 3 is 2.48 bits per heavy atom. The van der Waals surface area contributed by atoms with Gasteiger partial charge >= 0.3 is 6.03 Å². The summed E-state index contributed by atoms with van der Waals surface area (Å²) in [6.07, 6.45) is 1.02. The molecule has 21 heavy (non-hydrogen) atoms. The number of amides is 3. The van der Waals surface area contributed by atoms with E-state index < -0.39 is 0 Å². The van der Waals surface area contributed by atoms with Crippen LogP contribution in [-0.2, 0) is 17.8 Å². The van der Waals surface area contributed by atoms with Crippen LogP contribution in [0.3, 0.4) is 0 Å². The smallest absolute Gasteiger partial charge is 0.324 e. The van der Waals surface area contributed by atoms with E-state index in [-0.39, 0.29) is 18.0 Å². The van der Waals surface area contributed by atoms with Crippen LogP contribution in [0.4, 0.5) is 4.79 Å². The van der Waals surface area contributed by atoms with E-state index in [1.807, 2.05) is 18.9 Å². The molecule has 1 aromatic rings. The second kappa shape index (κ2) is 6.72. The highest BCUT2D eigenvalue weighted by atomic mass is 16.2. The molecule has 1 aliphatic rings. The first-order valence-electron chi connectivity index (χ1n) is 7.40. The zero-order chi connectivity index (χ0) is 15.4. The van der Waals surface area contributed by atoms with Gasteiger partial charge in [-0.2, -0.15) is 0 Å². The van der Waals surface area contributed by atoms with Crippen molar-refractivity contribution >= 4 is 11.9 Å². The molecular weight excluding hydrogens is 266 g/mol. The fourth-order valence-electron chi connectivity index (χ4n) is 2.40. The summed E-state index contributed by atoms with van der Waals surface area (Å²) in [5, 5.41) is 2.65. The van der Waals surface area contributed by atoms with Crippen molar-refractivity contribution in [2.75, 3.05) is 20.1 Å². The highest BCUT2D eigenvalue weighted by Crippen LogP contribution is 2.11. The minimum Gasteiger partial charge on any atom is -0.336 e. The Kier molecular flexibility index (Phi) is 4.96. The standard InChI is InChI=1S/C16H23N3O2/c1-4-13-5-7-14(8-6-13)11-18(3)12(2)15(20)19-10-9-17-16(19)21/h5-8,12H,4,9-11H2,1-3H3,(H,17,21)/t12-/m1/s1. The molecule has 2 rings (SSSR count). The van der Waals surface area contributed by atoms with E-state index in [9.17, 15) is 9.59 Å². The van der Waals surface area contributed by atoms with Gasteiger partial charge in [-0.25, -0.2) is 4.79 Å². The Bertz CT molecular complexity index is 513. The quantitative estimate of drug-likeness (QED) is 0.896. The van der Waals surface area contributed by atoms with Gasteiger partial charge in [0.1, 0.15) is 0 Å². The van der Waals surface area contributed by atoms with Gasteiger partial charge in [0.15, 0.2) is 0 Å². The zero-order valence-corrected chi connectivity index (χ0v) is 12.9. The van der Waals surface area contributed by atoms with Gasteiger partial charge in [-0.05, 0) is 31.5 Å². The van der Waals surface area contributed by atoms with Gasteiger partial charge in [0, 0.05) is 19.6 Å². The van der Waals surface area contributed by atoms with Crippen LogP contribution in [0.5, 0.6) is 0 Å². The van der Waals surface area contributed by atoms with Crippen molar-refractivity contribution in [2.45, 2.75) is 32.9 Å². The third kappa shape index (κ3) is 3.61. The summed E-state index contributed by atoms with van der Waals surface area (Å²) in [6.45, 7) is 5.66. The predicted molar refractivity (Wildman–Crippen MR) is 81.9 cm³/mol. The molecule has 1 fully saturated rings. The molecule has 1 saturated heterocycles. The number of aryl methyl sites for hydroxylation is 1. The first kappa shape index (κ1) is 15.5. The largest absolute Gasteiger partial charge is 0.336 e. The minimum atomic E-state index is -0.320. The maximum absolute atomic E-state index is 12.3. The molecule has 0 spiro atoms. The van der Waals surface area contributed by atoms with Gasteiger partial charge in [-0.1, -0.05) is 31.2 Å². The maximum Gasteiger partial charge on any atom is 0.324 e. The Balaban J connectivity index is 1.96. The molecular formula is C16H23N3O2. The number of imide groups is 1. The molecule has 0 aliphatic carbocycles. The number of nitrogens with one attached hydrogen (secondary N) is 1. The molecule has 1 aliphatic heterocycles. The normalized spacial score (nSPS) is 16.2. The lowest BCUT2D eigenvalue weighted by molar-refractivity contribution is -0.132. The van der Waals surface area contributed by atoms with Gasteiger partial charge in [0.2, 0.25) is 5.91 Å². The Labute approximate surface area is 125 Å². The molecule has 5 nitrogen and oxygen atoms in total. The molecule has 114 valence electrons. The fraction of sp³-hybridized carbons (Fsp3) is 0.500. The van der Waals surface area contributed by atoms with Gasteiger partial charge < -0.3 is 5.32 Å². The van der Waals surface area contributed by atoms with E-state index in [0.29, 0.717) is 19.6 Å². The molecule has 1 atom stereocenters. The molecule has 0 aromatic heterocycles. The lowest BCUT2D eigenvalue weighted by Crippen LogP contribution is -2.46.